The van der Waals surface area contributed by atoms with Crippen molar-refractivity contribution in [3.63, 3.8) is 0 Å². The van der Waals surface area contributed by atoms with E-state index in [9.17, 15) is 9.59 Å². The Morgan fingerprint density at radius 2 is 2.29 bits per heavy atom. The predicted molar refractivity (Wildman–Crippen MR) is 66.7 cm³/mol. The van der Waals surface area contributed by atoms with Gasteiger partial charge in [0.25, 0.3) is 0 Å². The van der Waals surface area contributed by atoms with Gasteiger partial charge in [0.05, 0.1) is 12.3 Å². The largest absolute Gasteiger partial charge is 0.465 e. The third kappa shape index (κ3) is 2.29. The van der Waals surface area contributed by atoms with Crippen LogP contribution in [0.15, 0.2) is 27.7 Å². The number of carbonyl (C=O) groups excluding carboxylic acids is 2. The number of rotatable bonds is 2. The molecule has 0 radical (unpaired) electrons. The highest BCUT2D eigenvalue weighted by atomic mass is 79.9. The molecule has 5 heteroatoms. The van der Waals surface area contributed by atoms with Gasteiger partial charge in [-0.3, -0.25) is 14.6 Å². The molecule has 1 aromatic carbocycles. The SMILES string of the molecule is CCOC(=O)[C@H]1C=Nc2cc(Br)ccc2C1=O. The second-order valence-electron chi connectivity index (χ2n) is 3.53. The van der Waals surface area contributed by atoms with Crippen molar-refractivity contribution in [2.45, 2.75) is 6.92 Å². The molecule has 0 bridgehead atoms. The molecule has 0 saturated carbocycles. The molecule has 1 atom stereocenters. The van der Waals surface area contributed by atoms with Crippen molar-refractivity contribution in [1.82, 2.24) is 0 Å². The van der Waals surface area contributed by atoms with Gasteiger partial charge in [-0.1, -0.05) is 15.9 Å². The van der Waals surface area contributed by atoms with Crippen molar-refractivity contribution in [3.8, 4) is 0 Å². The van der Waals surface area contributed by atoms with Crippen molar-refractivity contribution >= 4 is 39.6 Å². The second-order valence-corrected chi connectivity index (χ2v) is 4.45. The minimum Gasteiger partial charge on any atom is -0.465 e. The molecule has 0 unspecified atom stereocenters. The fourth-order valence-electron chi connectivity index (χ4n) is 1.61. The minimum absolute atomic E-state index is 0.254. The van der Waals surface area contributed by atoms with Crippen LogP contribution in [0.2, 0.25) is 0 Å². The summed E-state index contributed by atoms with van der Waals surface area (Å²) < 4.78 is 5.67. The van der Waals surface area contributed by atoms with Gasteiger partial charge in [0, 0.05) is 16.3 Å². The molecule has 4 nitrogen and oxygen atoms in total. The molecule has 0 aliphatic carbocycles. The normalized spacial score (nSPS) is 17.8. The van der Waals surface area contributed by atoms with Crippen molar-refractivity contribution in [2.75, 3.05) is 6.61 Å². The molecule has 0 spiro atoms. The topological polar surface area (TPSA) is 55.7 Å². The van der Waals surface area contributed by atoms with Gasteiger partial charge < -0.3 is 4.74 Å². The van der Waals surface area contributed by atoms with Crippen molar-refractivity contribution in [2.24, 2.45) is 10.9 Å². The summed E-state index contributed by atoms with van der Waals surface area (Å²) in [5, 5.41) is 0. The maximum atomic E-state index is 12.0. The summed E-state index contributed by atoms with van der Waals surface area (Å²) in [7, 11) is 0. The Bertz CT molecular complexity index is 510. The zero-order chi connectivity index (χ0) is 12.4. The highest BCUT2D eigenvalue weighted by Crippen LogP contribution is 2.29. The summed E-state index contributed by atoms with van der Waals surface area (Å²) in [6.07, 6.45) is 1.34. The Morgan fingerprint density at radius 3 is 3.00 bits per heavy atom. The van der Waals surface area contributed by atoms with Crippen LogP contribution >= 0.6 is 15.9 Å². The molecule has 1 aromatic rings. The first kappa shape index (κ1) is 12.0. The number of Topliss-reactive ketones (excluding diaryl/α,β-unsaturated/α-hetero) is 1. The van der Waals surface area contributed by atoms with Crippen LogP contribution in [0, 0.1) is 5.92 Å². The number of ether oxygens (including phenoxy) is 1. The van der Waals surface area contributed by atoms with Crippen molar-refractivity contribution in [3.05, 3.63) is 28.2 Å². The Balaban J connectivity index is 2.34. The first-order valence-corrected chi connectivity index (χ1v) is 5.97. The lowest BCUT2D eigenvalue weighted by Crippen LogP contribution is -2.29. The van der Waals surface area contributed by atoms with E-state index in [1.165, 1.54) is 6.21 Å². The average Bonchev–Trinajstić information content (AvgIpc) is 2.29. The number of ketones is 1. The lowest BCUT2D eigenvalue weighted by atomic mass is 9.95. The molecular formula is C12H10BrNO3. The molecule has 0 fully saturated rings. The van der Waals surface area contributed by atoms with E-state index < -0.39 is 11.9 Å². The summed E-state index contributed by atoms with van der Waals surface area (Å²) in [6.45, 7) is 1.96. The van der Waals surface area contributed by atoms with Gasteiger partial charge in [0.1, 0.15) is 0 Å². The van der Waals surface area contributed by atoms with Crippen LogP contribution in [0.5, 0.6) is 0 Å². The van der Waals surface area contributed by atoms with Gasteiger partial charge in [0.2, 0.25) is 0 Å². The first-order valence-electron chi connectivity index (χ1n) is 5.18. The molecule has 0 amide bonds. The van der Waals surface area contributed by atoms with Gasteiger partial charge in [0.15, 0.2) is 11.7 Å². The summed E-state index contributed by atoms with van der Waals surface area (Å²) in [5.41, 5.74) is 1.03. The van der Waals surface area contributed by atoms with Crippen LogP contribution in [-0.4, -0.2) is 24.6 Å². The molecule has 2 rings (SSSR count). The van der Waals surface area contributed by atoms with Crippen LogP contribution < -0.4 is 0 Å². The van der Waals surface area contributed by atoms with E-state index in [0.717, 1.165) is 4.47 Å². The smallest absolute Gasteiger partial charge is 0.322 e. The average molecular weight is 296 g/mol. The van der Waals surface area contributed by atoms with E-state index in [0.29, 0.717) is 11.3 Å². The predicted octanol–water partition coefficient (Wildman–Crippen LogP) is 2.53. The van der Waals surface area contributed by atoms with Crippen molar-refractivity contribution < 1.29 is 14.3 Å². The summed E-state index contributed by atoms with van der Waals surface area (Å²) in [5.74, 6) is -1.72. The van der Waals surface area contributed by atoms with Gasteiger partial charge in [-0.05, 0) is 25.1 Å². The number of benzene rings is 1. The maximum Gasteiger partial charge on any atom is 0.322 e. The molecule has 1 aliphatic heterocycles. The number of aliphatic imine (C=N–C) groups is 1. The highest BCUT2D eigenvalue weighted by molar-refractivity contribution is 9.10. The van der Waals surface area contributed by atoms with Gasteiger partial charge >= 0.3 is 5.97 Å². The summed E-state index contributed by atoms with van der Waals surface area (Å²) >= 11 is 3.30. The third-order valence-corrected chi connectivity index (χ3v) is 2.90. The van der Waals surface area contributed by atoms with Crippen LogP contribution in [0.4, 0.5) is 5.69 Å². The monoisotopic (exact) mass is 295 g/mol. The zero-order valence-electron chi connectivity index (χ0n) is 9.14. The number of carbonyl (C=O) groups is 2. The number of halogens is 1. The molecular weight excluding hydrogens is 286 g/mol. The van der Waals surface area contributed by atoms with E-state index in [2.05, 4.69) is 20.9 Å². The Morgan fingerprint density at radius 1 is 1.53 bits per heavy atom. The minimum atomic E-state index is -0.913. The molecule has 88 valence electrons. The van der Waals surface area contributed by atoms with Crippen molar-refractivity contribution in [1.29, 1.82) is 0 Å². The number of hydrogen-bond acceptors (Lipinski definition) is 4. The van der Waals surface area contributed by atoms with Gasteiger partial charge in [-0.2, -0.15) is 0 Å². The van der Waals surface area contributed by atoms with Crippen LogP contribution in [-0.2, 0) is 9.53 Å². The molecule has 0 N–H and O–H groups in total. The highest BCUT2D eigenvalue weighted by Gasteiger charge is 2.31. The van der Waals surface area contributed by atoms with Crippen LogP contribution in [0.25, 0.3) is 0 Å². The lowest BCUT2D eigenvalue weighted by Gasteiger charge is -2.16. The van der Waals surface area contributed by atoms with E-state index in [4.69, 9.17) is 4.74 Å². The van der Waals surface area contributed by atoms with E-state index in [-0.39, 0.29) is 12.4 Å². The first-order chi connectivity index (χ1) is 8.13. The maximum absolute atomic E-state index is 12.0. The number of esters is 1. The van der Waals surface area contributed by atoms with E-state index in [1.54, 1.807) is 25.1 Å². The molecule has 1 aliphatic rings. The zero-order valence-corrected chi connectivity index (χ0v) is 10.7. The van der Waals surface area contributed by atoms with Gasteiger partial charge in [-0.15, -0.1) is 0 Å². The van der Waals surface area contributed by atoms with E-state index >= 15 is 0 Å². The Labute approximate surface area is 107 Å². The number of nitrogens with zero attached hydrogens (tertiary/aromatic N) is 1. The molecule has 0 aromatic heterocycles. The quantitative estimate of drug-likeness (QED) is 0.622. The molecule has 1 heterocycles. The Kier molecular flexibility index (Phi) is 3.38. The van der Waals surface area contributed by atoms with Crippen LogP contribution in [0.1, 0.15) is 17.3 Å². The summed E-state index contributed by atoms with van der Waals surface area (Å²) in [6, 6.07) is 5.15. The standard InChI is InChI=1S/C12H10BrNO3/c1-2-17-12(16)9-6-14-10-5-7(13)3-4-8(10)11(9)15/h3-6,9H,2H2,1H3/t9-/m0/s1. The molecule has 17 heavy (non-hydrogen) atoms. The number of fused-ring (bicyclic) bond motifs is 1. The lowest BCUT2D eigenvalue weighted by molar-refractivity contribution is -0.143. The summed E-state index contributed by atoms with van der Waals surface area (Å²) in [4.78, 5) is 27.7. The van der Waals surface area contributed by atoms with Crippen LogP contribution in [0.3, 0.4) is 0 Å². The van der Waals surface area contributed by atoms with E-state index in [1.807, 2.05) is 0 Å². The Hall–Kier alpha value is -1.49. The molecule has 0 saturated heterocycles. The van der Waals surface area contributed by atoms with Gasteiger partial charge in [-0.25, -0.2) is 0 Å². The fraction of sp³-hybridized carbons (Fsp3) is 0.250. The number of hydrogen-bond donors (Lipinski definition) is 0. The third-order valence-electron chi connectivity index (χ3n) is 2.41. The second kappa shape index (κ2) is 4.79. The fourth-order valence-corrected chi connectivity index (χ4v) is 1.96.